The van der Waals surface area contributed by atoms with Gasteiger partial charge in [-0.2, -0.15) is 0 Å². The lowest BCUT2D eigenvalue weighted by molar-refractivity contribution is -0.122. The molecule has 2 aromatic rings. The average molecular weight is 366 g/mol. The van der Waals surface area contributed by atoms with Crippen LogP contribution >= 0.6 is 0 Å². The van der Waals surface area contributed by atoms with Crippen molar-refractivity contribution >= 4 is 23.2 Å². The molecule has 5 heteroatoms. The van der Waals surface area contributed by atoms with E-state index in [1.54, 1.807) is 4.90 Å². The molecule has 1 heterocycles. The first-order chi connectivity index (χ1) is 13.1. The summed E-state index contributed by atoms with van der Waals surface area (Å²) in [6, 6.07) is 15.2. The summed E-state index contributed by atoms with van der Waals surface area (Å²) in [6.45, 7) is 5.18. The van der Waals surface area contributed by atoms with Crippen molar-refractivity contribution < 1.29 is 14.3 Å². The van der Waals surface area contributed by atoms with E-state index in [9.17, 15) is 9.59 Å². The molecule has 1 atom stereocenters. The first kappa shape index (κ1) is 19.0. The Labute approximate surface area is 160 Å². The lowest BCUT2D eigenvalue weighted by Gasteiger charge is -2.17. The molecule has 1 fully saturated rings. The van der Waals surface area contributed by atoms with Gasteiger partial charge < -0.3 is 15.0 Å². The molecule has 0 spiro atoms. The van der Waals surface area contributed by atoms with Crippen molar-refractivity contribution in [3.8, 4) is 5.75 Å². The molecule has 0 saturated carbocycles. The predicted molar refractivity (Wildman–Crippen MR) is 107 cm³/mol. The highest BCUT2D eigenvalue weighted by molar-refractivity contribution is 6.03. The molecule has 0 aromatic heterocycles. The van der Waals surface area contributed by atoms with Gasteiger partial charge in [-0.15, -0.1) is 0 Å². The minimum absolute atomic E-state index is 0.0267. The first-order valence-corrected chi connectivity index (χ1v) is 9.54. The van der Waals surface area contributed by atoms with E-state index in [0.29, 0.717) is 13.2 Å². The molecule has 2 aromatic carbocycles. The van der Waals surface area contributed by atoms with E-state index in [-0.39, 0.29) is 24.2 Å². The van der Waals surface area contributed by atoms with E-state index in [4.69, 9.17) is 4.74 Å². The molecule has 3 rings (SSSR count). The Balaban J connectivity index is 1.65. The molecule has 1 aliphatic heterocycles. The fraction of sp³-hybridized carbons (Fsp3) is 0.364. The van der Waals surface area contributed by atoms with E-state index in [0.717, 1.165) is 35.5 Å². The number of amides is 2. The van der Waals surface area contributed by atoms with Crippen LogP contribution in [0, 0.1) is 5.92 Å². The molecule has 2 amide bonds. The van der Waals surface area contributed by atoms with Gasteiger partial charge in [-0.05, 0) is 48.7 Å². The van der Waals surface area contributed by atoms with Gasteiger partial charge in [0.15, 0.2) is 0 Å². The molecule has 5 nitrogen and oxygen atoms in total. The SMILES string of the molecule is CCCOc1ccc(N2C[C@H](C(=O)Nc3ccccc3CC)CC2=O)cc1. The number of rotatable bonds is 7. The topological polar surface area (TPSA) is 58.6 Å². The smallest absolute Gasteiger partial charge is 0.229 e. The number of hydrogen-bond acceptors (Lipinski definition) is 3. The summed E-state index contributed by atoms with van der Waals surface area (Å²) >= 11 is 0. The first-order valence-electron chi connectivity index (χ1n) is 9.54. The zero-order valence-corrected chi connectivity index (χ0v) is 15.9. The highest BCUT2D eigenvalue weighted by Gasteiger charge is 2.35. The number of ether oxygens (including phenoxy) is 1. The number of benzene rings is 2. The summed E-state index contributed by atoms with van der Waals surface area (Å²) in [7, 11) is 0. The monoisotopic (exact) mass is 366 g/mol. The lowest BCUT2D eigenvalue weighted by Crippen LogP contribution is -2.28. The van der Waals surface area contributed by atoms with Crippen LogP contribution in [0.25, 0.3) is 0 Å². The molecule has 27 heavy (non-hydrogen) atoms. The van der Waals surface area contributed by atoms with Crippen LogP contribution in [0.3, 0.4) is 0 Å². The maximum Gasteiger partial charge on any atom is 0.229 e. The van der Waals surface area contributed by atoms with Crippen LogP contribution in [0.15, 0.2) is 48.5 Å². The zero-order chi connectivity index (χ0) is 19.2. The zero-order valence-electron chi connectivity index (χ0n) is 15.9. The predicted octanol–water partition coefficient (Wildman–Crippen LogP) is 4.03. The maximum absolute atomic E-state index is 12.7. The van der Waals surface area contributed by atoms with Crippen LogP contribution in [0.2, 0.25) is 0 Å². The summed E-state index contributed by atoms with van der Waals surface area (Å²) < 4.78 is 5.58. The third kappa shape index (κ3) is 4.48. The second-order valence-corrected chi connectivity index (χ2v) is 6.75. The summed E-state index contributed by atoms with van der Waals surface area (Å²) in [4.78, 5) is 26.8. The maximum atomic E-state index is 12.7. The van der Waals surface area contributed by atoms with Gasteiger partial charge in [-0.3, -0.25) is 9.59 Å². The van der Waals surface area contributed by atoms with Gasteiger partial charge in [0.1, 0.15) is 5.75 Å². The number of nitrogens with one attached hydrogen (secondary N) is 1. The van der Waals surface area contributed by atoms with Gasteiger partial charge in [0.05, 0.1) is 12.5 Å². The van der Waals surface area contributed by atoms with Gasteiger partial charge in [-0.1, -0.05) is 32.0 Å². The van der Waals surface area contributed by atoms with E-state index in [1.807, 2.05) is 48.5 Å². The molecule has 1 aliphatic rings. The highest BCUT2D eigenvalue weighted by atomic mass is 16.5. The van der Waals surface area contributed by atoms with Crippen LogP contribution < -0.4 is 15.0 Å². The Kier molecular flexibility index (Phi) is 6.12. The van der Waals surface area contributed by atoms with E-state index in [2.05, 4.69) is 19.2 Å². The van der Waals surface area contributed by atoms with Gasteiger partial charge in [-0.25, -0.2) is 0 Å². The third-order valence-corrected chi connectivity index (χ3v) is 4.77. The minimum Gasteiger partial charge on any atom is -0.494 e. The van der Waals surface area contributed by atoms with Gasteiger partial charge in [0.25, 0.3) is 0 Å². The Morgan fingerprint density at radius 1 is 1.15 bits per heavy atom. The van der Waals surface area contributed by atoms with Crippen LogP contribution in [0.4, 0.5) is 11.4 Å². The van der Waals surface area contributed by atoms with Crippen molar-refractivity contribution in [2.45, 2.75) is 33.1 Å². The summed E-state index contributed by atoms with van der Waals surface area (Å²) in [5, 5.41) is 2.99. The molecular formula is C22H26N2O3. The number of anilines is 2. The van der Waals surface area contributed by atoms with Gasteiger partial charge in [0, 0.05) is 24.3 Å². The number of carbonyl (C=O) groups excluding carboxylic acids is 2. The van der Waals surface area contributed by atoms with Crippen LogP contribution in [-0.4, -0.2) is 25.0 Å². The summed E-state index contributed by atoms with van der Waals surface area (Å²) in [5.74, 6) is 0.312. The molecule has 0 bridgehead atoms. The number of hydrogen-bond donors (Lipinski definition) is 1. The van der Waals surface area contributed by atoms with Crippen molar-refractivity contribution in [3.05, 3.63) is 54.1 Å². The quantitative estimate of drug-likeness (QED) is 0.805. The molecule has 0 unspecified atom stereocenters. The Morgan fingerprint density at radius 3 is 2.59 bits per heavy atom. The molecule has 142 valence electrons. The fourth-order valence-corrected chi connectivity index (χ4v) is 3.26. The molecular weight excluding hydrogens is 340 g/mol. The standard InChI is InChI=1S/C22H26N2O3/c1-3-13-27-19-11-9-18(10-12-19)24-15-17(14-21(24)25)22(26)23-20-8-6-5-7-16(20)4-2/h5-12,17H,3-4,13-15H2,1-2H3,(H,23,26)/t17-/m1/s1. The molecule has 0 radical (unpaired) electrons. The van der Waals surface area contributed by atoms with E-state index in [1.165, 1.54) is 0 Å². The van der Waals surface area contributed by atoms with E-state index < -0.39 is 0 Å². The Hall–Kier alpha value is -2.82. The number of aryl methyl sites for hydroxylation is 1. The average Bonchev–Trinajstić information content (AvgIpc) is 3.09. The van der Waals surface area contributed by atoms with Crippen LogP contribution in [0.5, 0.6) is 5.75 Å². The van der Waals surface area contributed by atoms with Crippen molar-refractivity contribution in [1.29, 1.82) is 0 Å². The van der Waals surface area contributed by atoms with Gasteiger partial charge in [0.2, 0.25) is 11.8 Å². The highest BCUT2D eigenvalue weighted by Crippen LogP contribution is 2.28. The molecule has 0 aliphatic carbocycles. The van der Waals surface area contributed by atoms with Crippen molar-refractivity contribution in [1.82, 2.24) is 0 Å². The van der Waals surface area contributed by atoms with Crippen molar-refractivity contribution in [3.63, 3.8) is 0 Å². The number of nitrogens with zero attached hydrogens (tertiary/aromatic N) is 1. The summed E-state index contributed by atoms with van der Waals surface area (Å²) in [5.41, 5.74) is 2.72. The number of para-hydroxylation sites is 1. The lowest BCUT2D eigenvalue weighted by atomic mass is 10.1. The second-order valence-electron chi connectivity index (χ2n) is 6.75. The minimum atomic E-state index is -0.349. The van der Waals surface area contributed by atoms with Crippen molar-refractivity contribution in [2.75, 3.05) is 23.4 Å². The third-order valence-electron chi connectivity index (χ3n) is 4.77. The largest absolute Gasteiger partial charge is 0.494 e. The van der Waals surface area contributed by atoms with E-state index >= 15 is 0 Å². The number of carbonyl (C=O) groups is 2. The molecule has 1 saturated heterocycles. The summed E-state index contributed by atoms with van der Waals surface area (Å²) in [6.07, 6.45) is 2.02. The Bertz CT molecular complexity index is 801. The second kappa shape index (κ2) is 8.71. The van der Waals surface area contributed by atoms with Crippen LogP contribution in [0.1, 0.15) is 32.3 Å². The van der Waals surface area contributed by atoms with Gasteiger partial charge >= 0.3 is 0 Å². The van der Waals surface area contributed by atoms with Crippen LogP contribution in [-0.2, 0) is 16.0 Å². The fourth-order valence-electron chi connectivity index (χ4n) is 3.26. The molecule has 1 N–H and O–H groups in total. The van der Waals surface area contributed by atoms with Crippen molar-refractivity contribution in [2.24, 2.45) is 5.92 Å². The Morgan fingerprint density at radius 2 is 1.89 bits per heavy atom. The normalized spacial score (nSPS) is 16.4.